The number of anilines is 1. The van der Waals surface area contributed by atoms with E-state index in [2.05, 4.69) is 22.2 Å². The smallest absolute Gasteiger partial charge is 0.299 e. The molecule has 112 valence electrons. The summed E-state index contributed by atoms with van der Waals surface area (Å²) in [5, 5.41) is 3.30. The molecule has 0 aliphatic heterocycles. The van der Waals surface area contributed by atoms with E-state index < -0.39 is 0 Å². The van der Waals surface area contributed by atoms with Gasteiger partial charge >= 0.3 is 0 Å². The van der Waals surface area contributed by atoms with Crippen LogP contribution in [-0.4, -0.2) is 28.2 Å². The summed E-state index contributed by atoms with van der Waals surface area (Å²) < 4.78 is 6.65. The van der Waals surface area contributed by atoms with Gasteiger partial charge in [-0.05, 0) is 25.5 Å². The third kappa shape index (κ3) is 3.81. The summed E-state index contributed by atoms with van der Waals surface area (Å²) in [6, 6.07) is 5.63. The molecular weight excluding hydrogens is 268 g/mol. The van der Waals surface area contributed by atoms with E-state index in [0.717, 1.165) is 24.3 Å². The van der Waals surface area contributed by atoms with Gasteiger partial charge in [0.15, 0.2) is 0 Å². The third-order valence-electron chi connectivity index (χ3n) is 3.00. The minimum atomic E-state index is -0.145. The Balaban J connectivity index is 2.28. The van der Waals surface area contributed by atoms with Gasteiger partial charge in [-0.2, -0.15) is 0 Å². The summed E-state index contributed by atoms with van der Waals surface area (Å²) in [6.07, 6.45) is 2.78. The molecule has 0 saturated heterocycles. The quantitative estimate of drug-likeness (QED) is 0.878. The van der Waals surface area contributed by atoms with Gasteiger partial charge in [-0.15, -0.1) is 0 Å². The molecule has 0 aliphatic carbocycles. The van der Waals surface area contributed by atoms with Crippen LogP contribution < -0.4 is 15.6 Å². The van der Waals surface area contributed by atoms with Gasteiger partial charge in [0.1, 0.15) is 0 Å². The Bertz CT molecular complexity index is 667. The predicted octanol–water partition coefficient (Wildman–Crippen LogP) is 1.83. The predicted molar refractivity (Wildman–Crippen MR) is 81.9 cm³/mol. The van der Waals surface area contributed by atoms with E-state index in [4.69, 9.17) is 4.74 Å². The molecule has 0 radical (unpaired) electrons. The van der Waals surface area contributed by atoms with Gasteiger partial charge in [0.25, 0.3) is 11.6 Å². The number of aromatic nitrogens is 3. The van der Waals surface area contributed by atoms with Gasteiger partial charge in [0.05, 0.1) is 19.3 Å². The van der Waals surface area contributed by atoms with E-state index in [1.165, 1.54) is 17.7 Å². The fourth-order valence-electron chi connectivity index (χ4n) is 2.00. The van der Waals surface area contributed by atoms with E-state index in [-0.39, 0.29) is 5.56 Å². The Labute approximate surface area is 123 Å². The maximum atomic E-state index is 12.1. The Morgan fingerprint density at radius 1 is 1.38 bits per heavy atom. The molecule has 0 saturated carbocycles. The van der Waals surface area contributed by atoms with E-state index in [1.54, 1.807) is 13.1 Å². The standard InChI is InChI=1S/C15H20N4O2/c1-4-6-16-12-5-7-17-13(9-12)10-19-14(20)8-11(2)18-15(19)21-3/h5,7-9H,4,6,10H2,1-3H3,(H,16,17). The van der Waals surface area contributed by atoms with Crippen molar-refractivity contribution in [3.8, 4) is 6.01 Å². The van der Waals surface area contributed by atoms with E-state index >= 15 is 0 Å². The van der Waals surface area contributed by atoms with E-state index in [0.29, 0.717) is 18.2 Å². The van der Waals surface area contributed by atoms with Gasteiger partial charge in [-0.25, -0.2) is 4.98 Å². The molecule has 0 atom stereocenters. The minimum Gasteiger partial charge on any atom is -0.468 e. The molecule has 1 N–H and O–H groups in total. The number of aryl methyl sites for hydroxylation is 1. The molecule has 6 heteroatoms. The third-order valence-corrected chi connectivity index (χ3v) is 3.00. The number of pyridine rings is 1. The molecular formula is C15H20N4O2. The van der Waals surface area contributed by atoms with Crippen molar-refractivity contribution < 1.29 is 4.74 Å². The first-order chi connectivity index (χ1) is 10.1. The molecule has 21 heavy (non-hydrogen) atoms. The second kappa shape index (κ2) is 6.88. The second-order valence-corrected chi connectivity index (χ2v) is 4.77. The SMILES string of the molecule is CCCNc1ccnc(Cn2c(OC)nc(C)cc2=O)c1. The van der Waals surface area contributed by atoms with Crippen molar-refractivity contribution in [3.63, 3.8) is 0 Å². The molecule has 2 heterocycles. The molecule has 2 aromatic rings. The molecule has 2 rings (SSSR count). The average Bonchev–Trinajstić information content (AvgIpc) is 2.48. The van der Waals surface area contributed by atoms with Crippen molar-refractivity contribution in [2.45, 2.75) is 26.8 Å². The first kappa shape index (κ1) is 15.0. The summed E-state index contributed by atoms with van der Waals surface area (Å²) in [5.74, 6) is 0. The summed E-state index contributed by atoms with van der Waals surface area (Å²) in [4.78, 5) is 20.6. The van der Waals surface area contributed by atoms with Crippen molar-refractivity contribution in [3.05, 3.63) is 46.1 Å². The van der Waals surface area contributed by atoms with Crippen LogP contribution in [0.4, 0.5) is 5.69 Å². The fraction of sp³-hybridized carbons (Fsp3) is 0.400. The van der Waals surface area contributed by atoms with Crippen LogP contribution in [0.15, 0.2) is 29.2 Å². The highest BCUT2D eigenvalue weighted by atomic mass is 16.5. The molecule has 0 amide bonds. The summed E-state index contributed by atoms with van der Waals surface area (Å²) >= 11 is 0. The Morgan fingerprint density at radius 2 is 2.19 bits per heavy atom. The van der Waals surface area contributed by atoms with Crippen LogP contribution in [0, 0.1) is 6.92 Å². The summed E-state index contributed by atoms with van der Waals surface area (Å²) in [5.41, 5.74) is 2.27. The summed E-state index contributed by atoms with van der Waals surface area (Å²) in [6.45, 7) is 5.11. The molecule has 0 fully saturated rings. The molecule has 0 bridgehead atoms. The zero-order chi connectivity index (χ0) is 15.2. The molecule has 6 nitrogen and oxygen atoms in total. The topological polar surface area (TPSA) is 69.0 Å². The molecule has 0 unspecified atom stereocenters. The number of hydrogen-bond acceptors (Lipinski definition) is 5. The number of rotatable bonds is 6. The van der Waals surface area contributed by atoms with Crippen molar-refractivity contribution in [2.75, 3.05) is 19.0 Å². The van der Waals surface area contributed by atoms with Crippen molar-refractivity contribution in [2.24, 2.45) is 0 Å². The Morgan fingerprint density at radius 3 is 2.90 bits per heavy atom. The number of methoxy groups -OCH3 is 1. The van der Waals surface area contributed by atoms with Crippen molar-refractivity contribution in [1.29, 1.82) is 0 Å². The average molecular weight is 288 g/mol. The largest absolute Gasteiger partial charge is 0.468 e. The molecule has 2 aromatic heterocycles. The lowest BCUT2D eigenvalue weighted by molar-refractivity contribution is 0.349. The molecule has 0 aliphatic rings. The van der Waals surface area contributed by atoms with Crippen LogP contribution in [0.1, 0.15) is 24.7 Å². The lowest BCUT2D eigenvalue weighted by Gasteiger charge is -2.11. The normalized spacial score (nSPS) is 10.4. The van der Waals surface area contributed by atoms with Gasteiger partial charge in [0, 0.05) is 30.2 Å². The first-order valence-corrected chi connectivity index (χ1v) is 6.95. The van der Waals surface area contributed by atoms with Crippen LogP contribution in [0.25, 0.3) is 0 Å². The van der Waals surface area contributed by atoms with Crippen LogP contribution >= 0.6 is 0 Å². The van der Waals surface area contributed by atoms with Crippen molar-refractivity contribution >= 4 is 5.69 Å². The zero-order valence-electron chi connectivity index (χ0n) is 12.6. The zero-order valence-corrected chi connectivity index (χ0v) is 12.6. The first-order valence-electron chi connectivity index (χ1n) is 6.95. The van der Waals surface area contributed by atoms with E-state index in [9.17, 15) is 4.79 Å². The van der Waals surface area contributed by atoms with Crippen molar-refractivity contribution in [1.82, 2.24) is 14.5 Å². The van der Waals surface area contributed by atoms with Gasteiger partial charge in [0.2, 0.25) is 0 Å². The highest BCUT2D eigenvalue weighted by Crippen LogP contribution is 2.11. The lowest BCUT2D eigenvalue weighted by atomic mass is 10.3. The van der Waals surface area contributed by atoms with Crippen LogP contribution in [0.3, 0.4) is 0 Å². The van der Waals surface area contributed by atoms with Crippen LogP contribution in [-0.2, 0) is 6.54 Å². The monoisotopic (exact) mass is 288 g/mol. The highest BCUT2D eigenvalue weighted by Gasteiger charge is 2.09. The number of nitrogens with zero attached hydrogens (tertiary/aromatic N) is 3. The van der Waals surface area contributed by atoms with Crippen LogP contribution in [0.2, 0.25) is 0 Å². The van der Waals surface area contributed by atoms with Gasteiger partial charge < -0.3 is 10.1 Å². The Hall–Kier alpha value is -2.37. The van der Waals surface area contributed by atoms with E-state index in [1.807, 2.05) is 12.1 Å². The molecule has 0 spiro atoms. The lowest BCUT2D eigenvalue weighted by Crippen LogP contribution is -2.23. The highest BCUT2D eigenvalue weighted by molar-refractivity contribution is 5.43. The summed E-state index contributed by atoms with van der Waals surface area (Å²) in [7, 11) is 1.50. The van der Waals surface area contributed by atoms with Gasteiger partial charge in [-0.3, -0.25) is 14.3 Å². The number of ether oxygens (including phenoxy) is 1. The molecule has 0 aromatic carbocycles. The minimum absolute atomic E-state index is 0.145. The maximum Gasteiger partial charge on any atom is 0.299 e. The number of nitrogens with one attached hydrogen (secondary N) is 1. The number of hydrogen-bond donors (Lipinski definition) is 1. The maximum absolute atomic E-state index is 12.1. The van der Waals surface area contributed by atoms with Gasteiger partial charge in [-0.1, -0.05) is 6.92 Å². The van der Waals surface area contributed by atoms with Crippen LogP contribution in [0.5, 0.6) is 6.01 Å². The fourth-order valence-corrected chi connectivity index (χ4v) is 2.00. The second-order valence-electron chi connectivity index (χ2n) is 4.77. The Kier molecular flexibility index (Phi) is 4.92.